The summed E-state index contributed by atoms with van der Waals surface area (Å²) < 4.78 is 3.33. The molecule has 3 heteroatoms. The Labute approximate surface area is 76.9 Å². The lowest BCUT2D eigenvalue weighted by Crippen LogP contribution is -2.12. The summed E-state index contributed by atoms with van der Waals surface area (Å²) in [6, 6.07) is 2.12. The summed E-state index contributed by atoms with van der Waals surface area (Å²) in [6.07, 6.45) is 4.97. The molecule has 64 valence electrons. The van der Waals surface area contributed by atoms with Gasteiger partial charge >= 0.3 is 0 Å². The van der Waals surface area contributed by atoms with Crippen molar-refractivity contribution in [3.05, 3.63) is 24.0 Å². The maximum absolute atomic E-state index is 4.10. The first-order valence-electron chi connectivity index (χ1n) is 4.19. The first kappa shape index (κ1) is 8.08. The van der Waals surface area contributed by atoms with Gasteiger partial charge in [0.05, 0.1) is 0 Å². The van der Waals surface area contributed by atoms with Gasteiger partial charge in [0.1, 0.15) is 0 Å². The second kappa shape index (κ2) is 3.46. The van der Waals surface area contributed by atoms with Crippen LogP contribution in [-0.4, -0.2) is 11.5 Å². The van der Waals surface area contributed by atoms with Gasteiger partial charge in [0, 0.05) is 23.8 Å². The molecular weight excluding hydrogens is 168 g/mol. The molecule has 1 aliphatic rings. The van der Waals surface area contributed by atoms with E-state index in [9.17, 15) is 0 Å². The van der Waals surface area contributed by atoms with E-state index in [2.05, 4.69) is 22.7 Å². The molecule has 0 unspecified atom stereocenters. The molecule has 1 aromatic rings. The molecule has 1 atom stereocenters. The van der Waals surface area contributed by atoms with Gasteiger partial charge in [-0.3, -0.25) is 9.71 Å². The van der Waals surface area contributed by atoms with E-state index in [0.717, 1.165) is 18.9 Å². The van der Waals surface area contributed by atoms with Crippen molar-refractivity contribution in [2.75, 3.05) is 6.54 Å². The van der Waals surface area contributed by atoms with Gasteiger partial charge in [-0.05, 0) is 35.9 Å². The summed E-state index contributed by atoms with van der Waals surface area (Å²) in [6.45, 7) is 3.35. The zero-order valence-electron chi connectivity index (χ0n) is 7.08. The van der Waals surface area contributed by atoms with Crippen LogP contribution in [0.2, 0.25) is 0 Å². The van der Waals surface area contributed by atoms with Crippen LogP contribution < -0.4 is 4.72 Å². The van der Waals surface area contributed by atoms with Crippen molar-refractivity contribution in [1.82, 2.24) is 9.71 Å². The molecule has 2 nitrogen and oxygen atoms in total. The van der Waals surface area contributed by atoms with Gasteiger partial charge in [-0.15, -0.1) is 0 Å². The number of nitrogens with zero attached hydrogens (tertiary/aromatic N) is 1. The van der Waals surface area contributed by atoms with Crippen molar-refractivity contribution in [1.29, 1.82) is 0 Å². The Morgan fingerprint density at radius 1 is 1.67 bits per heavy atom. The van der Waals surface area contributed by atoms with Gasteiger partial charge in [0.2, 0.25) is 0 Å². The molecule has 0 amide bonds. The minimum atomic E-state index is 0.723. The van der Waals surface area contributed by atoms with Crippen LogP contribution >= 0.6 is 11.9 Å². The molecule has 1 aromatic heterocycles. The Balaban J connectivity index is 2.31. The van der Waals surface area contributed by atoms with Crippen molar-refractivity contribution in [2.45, 2.75) is 18.2 Å². The summed E-state index contributed by atoms with van der Waals surface area (Å²) in [5, 5.41) is 0. The Hall–Kier alpha value is -0.540. The third-order valence-corrected chi connectivity index (χ3v) is 2.95. The average molecular weight is 180 g/mol. The average Bonchev–Trinajstić information content (AvgIpc) is 2.25. The number of aromatic nitrogens is 1. The second-order valence-electron chi connectivity index (χ2n) is 3.24. The molecule has 2 heterocycles. The number of pyridine rings is 1. The van der Waals surface area contributed by atoms with E-state index in [1.54, 1.807) is 11.9 Å². The Morgan fingerprint density at radius 3 is 3.50 bits per heavy atom. The molecular formula is C9H12N2S. The van der Waals surface area contributed by atoms with E-state index in [1.807, 2.05) is 12.4 Å². The van der Waals surface area contributed by atoms with Crippen molar-refractivity contribution in [3.8, 4) is 0 Å². The van der Waals surface area contributed by atoms with Gasteiger partial charge in [-0.1, -0.05) is 6.92 Å². The minimum absolute atomic E-state index is 0.723. The van der Waals surface area contributed by atoms with Crippen LogP contribution in [0.15, 0.2) is 23.4 Å². The van der Waals surface area contributed by atoms with Crippen molar-refractivity contribution < 1.29 is 0 Å². The SMILES string of the molecule is C[C@H]1CNSc2cnccc2C1. The van der Waals surface area contributed by atoms with E-state index < -0.39 is 0 Å². The molecule has 12 heavy (non-hydrogen) atoms. The summed E-state index contributed by atoms with van der Waals surface area (Å²) in [4.78, 5) is 5.38. The summed E-state index contributed by atoms with van der Waals surface area (Å²) in [7, 11) is 0. The number of fused-ring (bicyclic) bond motifs is 1. The molecule has 0 spiro atoms. The molecule has 0 saturated carbocycles. The molecule has 0 aliphatic carbocycles. The van der Waals surface area contributed by atoms with E-state index in [4.69, 9.17) is 0 Å². The zero-order valence-corrected chi connectivity index (χ0v) is 7.90. The minimum Gasteiger partial charge on any atom is -0.263 e. The van der Waals surface area contributed by atoms with Gasteiger partial charge in [0.25, 0.3) is 0 Å². The first-order chi connectivity index (χ1) is 5.86. The highest BCUT2D eigenvalue weighted by Crippen LogP contribution is 2.24. The highest BCUT2D eigenvalue weighted by molar-refractivity contribution is 7.97. The molecule has 0 aromatic carbocycles. The third-order valence-electron chi connectivity index (χ3n) is 2.05. The zero-order chi connectivity index (χ0) is 8.39. The van der Waals surface area contributed by atoms with Crippen molar-refractivity contribution in [3.63, 3.8) is 0 Å². The molecule has 2 rings (SSSR count). The van der Waals surface area contributed by atoms with Crippen LogP contribution in [0.1, 0.15) is 12.5 Å². The lowest BCUT2D eigenvalue weighted by atomic mass is 10.0. The number of nitrogens with one attached hydrogen (secondary N) is 1. The molecule has 0 saturated heterocycles. The van der Waals surface area contributed by atoms with E-state index in [-0.39, 0.29) is 0 Å². The molecule has 1 aliphatic heterocycles. The van der Waals surface area contributed by atoms with E-state index >= 15 is 0 Å². The Bertz CT molecular complexity index is 275. The molecule has 0 radical (unpaired) electrons. The van der Waals surface area contributed by atoms with Crippen LogP contribution in [0, 0.1) is 5.92 Å². The first-order valence-corrected chi connectivity index (χ1v) is 5.00. The maximum Gasteiger partial charge on any atom is 0.0443 e. The maximum atomic E-state index is 4.10. The third kappa shape index (κ3) is 1.62. The van der Waals surface area contributed by atoms with E-state index in [0.29, 0.717) is 0 Å². The summed E-state index contributed by atoms with van der Waals surface area (Å²) in [5.41, 5.74) is 1.42. The number of hydrogen-bond donors (Lipinski definition) is 1. The van der Waals surface area contributed by atoms with Gasteiger partial charge in [0.15, 0.2) is 0 Å². The fraction of sp³-hybridized carbons (Fsp3) is 0.444. The van der Waals surface area contributed by atoms with Crippen LogP contribution in [0.25, 0.3) is 0 Å². The van der Waals surface area contributed by atoms with Crippen molar-refractivity contribution in [2.24, 2.45) is 5.92 Å². The second-order valence-corrected chi connectivity index (χ2v) is 4.18. The predicted octanol–water partition coefficient (Wildman–Crippen LogP) is 1.87. The van der Waals surface area contributed by atoms with Gasteiger partial charge in [-0.2, -0.15) is 0 Å². The predicted molar refractivity (Wildman–Crippen MR) is 51.0 cm³/mol. The van der Waals surface area contributed by atoms with Crippen molar-refractivity contribution >= 4 is 11.9 Å². The fourth-order valence-corrected chi connectivity index (χ4v) is 2.30. The molecule has 0 bridgehead atoms. The summed E-state index contributed by atoms with van der Waals surface area (Å²) in [5.74, 6) is 0.723. The molecule has 0 fully saturated rings. The topological polar surface area (TPSA) is 24.9 Å². The lowest BCUT2D eigenvalue weighted by molar-refractivity contribution is 0.578. The number of hydrogen-bond acceptors (Lipinski definition) is 3. The van der Waals surface area contributed by atoms with Crippen LogP contribution in [-0.2, 0) is 6.42 Å². The molecule has 1 N–H and O–H groups in total. The number of rotatable bonds is 0. The fourth-order valence-electron chi connectivity index (χ4n) is 1.38. The normalized spacial score (nSPS) is 22.9. The summed E-state index contributed by atoms with van der Waals surface area (Å²) >= 11 is 1.70. The van der Waals surface area contributed by atoms with Crippen LogP contribution in [0.4, 0.5) is 0 Å². The standard InChI is InChI=1S/C9H12N2S/c1-7-4-8-2-3-10-6-9(8)12-11-5-7/h2-3,6-7,11H,4-5H2,1H3/t7-/m1/s1. The quantitative estimate of drug-likeness (QED) is 0.617. The van der Waals surface area contributed by atoms with Gasteiger partial charge in [-0.25, -0.2) is 0 Å². The van der Waals surface area contributed by atoms with Gasteiger partial charge < -0.3 is 0 Å². The smallest absolute Gasteiger partial charge is 0.0443 e. The lowest BCUT2D eigenvalue weighted by Gasteiger charge is -2.05. The highest BCUT2D eigenvalue weighted by Gasteiger charge is 2.12. The van der Waals surface area contributed by atoms with Crippen LogP contribution in [0.5, 0.6) is 0 Å². The monoisotopic (exact) mass is 180 g/mol. The largest absolute Gasteiger partial charge is 0.263 e. The Kier molecular flexibility index (Phi) is 2.33. The van der Waals surface area contributed by atoms with Crippen LogP contribution in [0.3, 0.4) is 0 Å². The highest BCUT2D eigenvalue weighted by atomic mass is 32.2. The Morgan fingerprint density at radius 2 is 2.58 bits per heavy atom. The van der Waals surface area contributed by atoms with E-state index in [1.165, 1.54) is 10.5 Å².